The molecule has 1 unspecified atom stereocenters. The van der Waals surface area contributed by atoms with E-state index in [2.05, 4.69) is 5.32 Å². The van der Waals surface area contributed by atoms with E-state index in [0.29, 0.717) is 36.1 Å². The Bertz CT molecular complexity index is 987. The Labute approximate surface area is 225 Å². The number of hydrogen-bond acceptors (Lipinski definition) is 8. The zero-order valence-corrected chi connectivity index (χ0v) is 22.8. The number of carbonyl (C=O) groups excluding carboxylic acids is 3. The number of nitrogens with zero attached hydrogens (tertiary/aromatic N) is 2. The Morgan fingerprint density at radius 3 is 2.31 bits per heavy atom. The summed E-state index contributed by atoms with van der Waals surface area (Å²) in [5.74, 6) is -5.58. The number of benzene rings is 1. The van der Waals surface area contributed by atoms with E-state index < -0.39 is 36.1 Å². The number of carboxylic acid groups (broad SMARTS) is 1. The molecule has 0 aromatic heterocycles. The van der Waals surface area contributed by atoms with Crippen molar-refractivity contribution in [2.24, 2.45) is 0 Å². The molecule has 1 atom stereocenters. The summed E-state index contributed by atoms with van der Waals surface area (Å²) >= 11 is 0. The number of imide groups is 1. The number of piperidine rings is 1. The first-order valence-corrected chi connectivity index (χ1v) is 12.1. The lowest BCUT2D eigenvalue weighted by Crippen LogP contribution is -2.48. The SMILES string of the molecule is CC(C)(F)C(=O)O.CCCN(C(=N)c1ccc(C2CCN(CC=O)CC2(F)F)cc1NC)C(=O)NC=O.CO. The van der Waals surface area contributed by atoms with Crippen LogP contribution in [0.1, 0.15) is 50.7 Å². The first-order chi connectivity index (χ1) is 18.2. The largest absolute Gasteiger partial charge is 0.479 e. The maximum atomic E-state index is 14.7. The van der Waals surface area contributed by atoms with Crippen LogP contribution in [0.4, 0.5) is 23.7 Å². The van der Waals surface area contributed by atoms with Crippen LogP contribution in [0.2, 0.25) is 0 Å². The van der Waals surface area contributed by atoms with Crippen molar-refractivity contribution in [1.82, 2.24) is 15.1 Å². The van der Waals surface area contributed by atoms with Crippen LogP contribution in [0, 0.1) is 5.41 Å². The summed E-state index contributed by atoms with van der Waals surface area (Å²) in [5, 5.41) is 28.2. The first kappa shape index (κ1) is 35.5. The van der Waals surface area contributed by atoms with E-state index in [1.54, 1.807) is 19.2 Å². The van der Waals surface area contributed by atoms with Gasteiger partial charge in [0.15, 0.2) is 0 Å². The Balaban J connectivity index is 0.00000139. The van der Waals surface area contributed by atoms with Crippen LogP contribution in [-0.4, -0.2) is 102 Å². The molecule has 1 saturated heterocycles. The smallest absolute Gasteiger partial charge is 0.340 e. The van der Waals surface area contributed by atoms with Gasteiger partial charge in [-0.2, -0.15) is 0 Å². The molecule has 1 fully saturated rings. The third-order valence-corrected chi connectivity index (χ3v) is 5.63. The van der Waals surface area contributed by atoms with Gasteiger partial charge in [0, 0.05) is 32.0 Å². The van der Waals surface area contributed by atoms with Crippen molar-refractivity contribution < 1.29 is 42.6 Å². The number of halogens is 3. The normalized spacial score (nSPS) is 16.3. The van der Waals surface area contributed by atoms with Crippen molar-refractivity contribution in [2.75, 3.05) is 45.7 Å². The highest BCUT2D eigenvalue weighted by Crippen LogP contribution is 2.41. The molecule has 0 spiro atoms. The monoisotopic (exact) mass is 561 g/mol. The summed E-state index contributed by atoms with van der Waals surface area (Å²) in [7, 11) is 2.61. The zero-order valence-electron chi connectivity index (χ0n) is 22.8. The van der Waals surface area contributed by atoms with Crippen LogP contribution >= 0.6 is 0 Å². The Morgan fingerprint density at radius 1 is 1.28 bits per heavy atom. The minimum absolute atomic E-state index is 0.0176. The molecule has 1 aromatic carbocycles. The Kier molecular flexibility index (Phi) is 15.0. The Morgan fingerprint density at radius 2 is 1.87 bits per heavy atom. The summed E-state index contributed by atoms with van der Waals surface area (Å²) in [6.45, 7) is 3.92. The van der Waals surface area contributed by atoms with Gasteiger partial charge in [-0.3, -0.25) is 25.3 Å². The second kappa shape index (κ2) is 16.4. The molecule has 1 aliphatic heterocycles. The molecule has 11 nitrogen and oxygen atoms in total. The summed E-state index contributed by atoms with van der Waals surface area (Å²) in [6.07, 6.45) is 1.63. The molecule has 1 aliphatic rings. The molecule has 0 aliphatic carbocycles. The van der Waals surface area contributed by atoms with Gasteiger partial charge < -0.3 is 20.3 Å². The van der Waals surface area contributed by atoms with Crippen molar-refractivity contribution in [3.63, 3.8) is 0 Å². The van der Waals surface area contributed by atoms with E-state index in [-0.39, 0.29) is 31.8 Å². The number of rotatable bonds is 9. The zero-order chi connectivity index (χ0) is 30.4. The van der Waals surface area contributed by atoms with Gasteiger partial charge in [0.2, 0.25) is 12.1 Å². The number of nitrogens with one attached hydrogen (secondary N) is 3. The van der Waals surface area contributed by atoms with Gasteiger partial charge in [0.05, 0.1) is 19.0 Å². The number of alkyl halides is 3. The Hall–Kier alpha value is -3.52. The van der Waals surface area contributed by atoms with E-state index in [1.165, 1.54) is 11.0 Å². The van der Waals surface area contributed by atoms with E-state index in [1.807, 2.05) is 12.2 Å². The molecule has 3 amide bonds. The highest BCUT2D eigenvalue weighted by Gasteiger charge is 2.45. The molecular formula is C25H38F3N5O6. The van der Waals surface area contributed by atoms with E-state index in [9.17, 15) is 32.3 Å². The number of urea groups is 1. The first-order valence-electron chi connectivity index (χ1n) is 12.1. The minimum Gasteiger partial charge on any atom is -0.479 e. The molecule has 5 N–H and O–H groups in total. The summed E-state index contributed by atoms with van der Waals surface area (Å²) in [6, 6.07) is 3.92. The van der Waals surface area contributed by atoms with Crippen molar-refractivity contribution in [3.8, 4) is 0 Å². The second-order valence-corrected chi connectivity index (χ2v) is 8.90. The van der Waals surface area contributed by atoms with Crippen LogP contribution < -0.4 is 10.6 Å². The van der Waals surface area contributed by atoms with Gasteiger partial charge in [0.25, 0.3) is 5.92 Å². The fraction of sp³-hybridized carbons (Fsp3) is 0.560. The van der Waals surface area contributed by atoms with Gasteiger partial charge in [0.1, 0.15) is 12.1 Å². The number of anilines is 1. The van der Waals surface area contributed by atoms with Gasteiger partial charge in [-0.05, 0) is 50.9 Å². The van der Waals surface area contributed by atoms with Crippen molar-refractivity contribution in [1.29, 1.82) is 5.41 Å². The van der Waals surface area contributed by atoms with Crippen LogP contribution in [0.3, 0.4) is 0 Å². The lowest BCUT2D eigenvalue weighted by atomic mass is 9.85. The molecule has 39 heavy (non-hydrogen) atoms. The number of aliphatic carboxylic acids is 1. The standard InChI is InChI=1S/C20H27F2N5O3.C4H7FO2.CH4O/c1-3-7-27(19(30)25-13-29)18(23)15-5-4-14(11-17(15)24-2)16-6-8-26(9-10-28)12-20(16,21)22;1-4(2,5)3(6)7;1-2/h4-5,10-11,13,16,23-24H,3,6-9,12H2,1-2H3,(H,25,29,30);1-2H3,(H,6,7);2H,1H3. The molecule has 2 rings (SSSR count). The fourth-order valence-electron chi connectivity index (χ4n) is 3.69. The number of carbonyl (C=O) groups is 4. The van der Waals surface area contributed by atoms with Crippen molar-refractivity contribution >= 4 is 36.2 Å². The van der Waals surface area contributed by atoms with Crippen LogP contribution in [-0.2, 0) is 14.4 Å². The number of aldehydes is 1. The number of hydrogen-bond donors (Lipinski definition) is 5. The number of amidine groups is 1. The summed E-state index contributed by atoms with van der Waals surface area (Å²) in [5.41, 5.74) is -0.868. The number of likely N-dealkylation sites (tertiary alicyclic amines) is 1. The fourth-order valence-corrected chi connectivity index (χ4v) is 3.69. The number of carboxylic acids is 1. The lowest BCUT2D eigenvalue weighted by molar-refractivity contribution is -0.148. The topological polar surface area (TPSA) is 163 Å². The molecule has 0 saturated carbocycles. The molecular weight excluding hydrogens is 523 g/mol. The highest BCUT2D eigenvalue weighted by atomic mass is 19.3. The lowest BCUT2D eigenvalue weighted by Gasteiger charge is -2.38. The van der Waals surface area contributed by atoms with Crippen molar-refractivity contribution in [2.45, 2.75) is 51.1 Å². The summed E-state index contributed by atoms with van der Waals surface area (Å²) in [4.78, 5) is 45.6. The quantitative estimate of drug-likeness (QED) is 0.175. The predicted octanol–water partition coefficient (Wildman–Crippen LogP) is 2.68. The van der Waals surface area contributed by atoms with E-state index in [4.69, 9.17) is 15.6 Å². The summed E-state index contributed by atoms with van der Waals surface area (Å²) < 4.78 is 41.4. The van der Waals surface area contributed by atoms with E-state index >= 15 is 0 Å². The van der Waals surface area contributed by atoms with Gasteiger partial charge in [-0.25, -0.2) is 22.8 Å². The minimum atomic E-state index is -3.00. The predicted molar refractivity (Wildman–Crippen MR) is 140 cm³/mol. The second-order valence-electron chi connectivity index (χ2n) is 8.90. The van der Waals surface area contributed by atoms with Crippen LogP contribution in [0.25, 0.3) is 0 Å². The molecule has 220 valence electrons. The highest BCUT2D eigenvalue weighted by molar-refractivity contribution is 6.10. The van der Waals surface area contributed by atoms with Crippen molar-refractivity contribution in [3.05, 3.63) is 29.3 Å². The van der Waals surface area contributed by atoms with Gasteiger partial charge in [-0.15, -0.1) is 0 Å². The van der Waals surface area contributed by atoms with E-state index in [0.717, 1.165) is 25.9 Å². The van der Waals surface area contributed by atoms with Gasteiger partial charge in [-0.1, -0.05) is 13.0 Å². The average Bonchev–Trinajstić information content (AvgIpc) is 2.87. The maximum Gasteiger partial charge on any atom is 0.340 e. The van der Waals surface area contributed by atoms with Crippen LogP contribution in [0.15, 0.2) is 18.2 Å². The number of amides is 3. The van der Waals surface area contributed by atoms with Crippen LogP contribution in [0.5, 0.6) is 0 Å². The number of aliphatic hydroxyl groups excluding tert-OH is 1. The van der Waals surface area contributed by atoms with Gasteiger partial charge >= 0.3 is 12.0 Å². The molecule has 0 radical (unpaired) electrons. The molecule has 1 heterocycles. The molecule has 0 bridgehead atoms. The average molecular weight is 562 g/mol. The number of aliphatic hydroxyl groups is 1. The molecule has 1 aromatic rings. The third kappa shape index (κ3) is 10.6. The molecule has 14 heteroatoms. The maximum absolute atomic E-state index is 14.7. The third-order valence-electron chi connectivity index (χ3n) is 5.63.